The zero-order valence-electron chi connectivity index (χ0n) is 9.16. The molecule has 5 heteroatoms. The van der Waals surface area contributed by atoms with E-state index in [4.69, 9.17) is 5.11 Å². The van der Waals surface area contributed by atoms with E-state index >= 15 is 0 Å². The van der Waals surface area contributed by atoms with Crippen molar-refractivity contribution in [3.63, 3.8) is 0 Å². The molecule has 0 amide bonds. The summed E-state index contributed by atoms with van der Waals surface area (Å²) in [5.74, 6) is 0.253. The van der Waals surface area contributed by atoms with E-state index in [-0.39, 0.29) is 24.3 Å². The standard InChI is InChI=1S/C9H21NO3S/c1-4-5-6-14(12,13)10-9(7-11)8(2)3/h8-11H,4-7H2,1-3H3. The van der Waals surface area contributed by atoms with Crippen molar-refractivity contribution in [2.45, 2.75) is 39.7 Å². The largest absolute Gasteiger partial charge is 0.395 e. The second-order valence-corrected chi connectivity index (χ2v) is 5.70. The van der Waals surface area contributed by atoms with Crippen molar-refractivity contribution < 1.29 is 13.5 Å². The summed E-state index contributed by atoms with van der Waals surface area (Å²) in [5, 5.41) is 8.96. The van der Waals surface area contributed by atoms with E-state index in [9.17, 15) is 8.42 Å². The Morgan fingerprint density at radius 3 is 2.29 bits per heavy atom. The summed E-state index contributed by atoms with van der Waals surface area (Å²) in [6.07, 6.45) is 1.51. The van der Waals surface area contributed by atoms with Crippen LogP contribution in [0.5, 0.6) is 0 Å². The van der Waals surface area contributed by atoms with Crippen LogP contribution in [0, 0.1) is 5.92 Å². The second-order valence-electron chi connectivity index (χ2n) is 3.82. The molecule has 0 aliphatic rings. The molecule has 2 N–H and O–H groups in total. The van der Waals surface area contributed by atoms with Gasteiger partial charge in [-0.3, -0.25) is 0 Å². The van der Waals surface area contributed by atoms with Crippen LogP contribution in [-0.2, 0) is 10.0 Å². The molecule has 14 heavy (non-hydrogen) atoms. The second kappa shape index (κ2) is 6.37. The van der Waals surface area contributed by atoms with E-state index in [0.29, 0.717) is 6.42 Å². The van der Waals surface area contributed by atoms with Gasteiger partial charge < -0.3 is 5.11 Å². The maximum absolute atomic E-state index is 11.4. The van der Waals surface area contributed by atoms with Gasteiger partial charge in [0.2, 0.25) is 10.0 Å². The fraction of sp³-hybridized carbons (Fsp3) is 1.00. The lowest BCUT2D eigenvalue weighted by atomic mass is 10.1. The van der Waals surface area contributed by atoms with Crippen molar-refractivity contribution in [1.82, 2.24) is 4.72 Å². The zero-order chi connectivity index (χ0) is 11.2. The van der Waals surface area contributed by atoms with Gasteiger partial charge in [0.05, 0.1) is 12.4 Å². The average Bonchev–Trinajstić information content (AvgIpc) is 2.10. The van der Waals surface area contributed by atoms with E-state index in [1.165, 1.54) is 0 Å². The zero-order valence-corrected chi connectivity index (χ0v) is 9.97. The van der Waals surface area contributed by atoms with Crippen molar-refractivity contribution in [3.8, 4) is 0 Å². The molecule has 0 spiro atoms. The maximum atomic E-state index is 11.4. The fourth-order valence-electron chi connectivity index (χ4n) is 1.01. The molecule has 0 aliphatic heterocycles. The molecule has 1 atom stereocenters. The summed E-state index contributed by atoms with van der Waals surface area (Å²) >= 11 is 0. The molecule has 0 heterocycles. The highest BCUT2D eigenvalue weighted by Crippen LogP contribution is 2.03. The van der Waals surface area contributed by atoms with Crippen LogP contribution in [0.25, 0.3) is 0 Å². The SMILES string of the molecule is CCCCS(=O)(=O)NC(CO)C(C)C. The Bertz CT molecular complexity index is 236. The summed E-state index contributed by atoms with van der Waals surface area (Å²) in [5.41, 5.74) is 0. The van der Waals surface area contributed by atoms with Gasteiger partial charge in [-0.05, 0) is 12.3 Å². The van der Waals surface area contributed by atoms with Crippen LogP contribution in [-0.4, -0.2) is 31.9 Å². The first-order valence-corrected chi connectivity index (χ1v) is 6.69. The summed E-state index contributed by atoms with van der Waals surface area (Å²) in [6.45, 7) is 5.55. The molecule has 4 nitrogen and oxygen atoms in total. The minimum absolute atomic E-state index is 0.108. The van der Waals surface area contributed by atoms with Gasteiger partial charge in [-0.1, -0.05) is 27.2 Å². The third kappa shape index (κ3) is 5.57. The van der Waals surface area contributed by atoms with Crippen LogP contribution in [0.3, 0.4) is 0 Å². The normalized spacial score (nSPS) is 14.6. The van der Waals surface area contributed by atoms with Crippen LogP contribution < -0.4 is 4.72 Å². The van der Waals surface area contributed by atoms with Gasteiger partial charge in [0, 0.05) is 6.04 Å². The van der Waals surface area contributed by atoms with Crippen molar-refractivity contribution in [1.29, 1.82) is 0 Å². The molecule has 0 aromatic carbocycles. The predicted octanol–water partition coefficient (Wildman–Crippen LogP) is 0.723. The van der Waals surface area contributed by atoms with Gasteiger partial charge in [0.25, 0.3) is 0 Å². The third-order valence-electron chi connectivity index (χ3n) is 2.10. The first-order valence-electron chi connectivity index (χ1n) is 5.03. The Morgan fingerprint density at radius 2 is 1.93 bits per heavy atom. The maximum Gasteiger partial charge on any atom is 0.211 e. The van der Waals surface area contributed by atoms with Crippen molar-refractivity contribution in [3.05, 3.63) is 0 Å². The van der Waals surface area contributed by atoms with Crippen LogP contribution >= 0.6 is 0 Å². The molecular weight excluding hydrogens is 202 g/mol. The number of aliphatic hydroxyl groups excluding tert-OH is 1. The summed E-state index contributed by atoms with van der Waals surface area (Å²) in [4.78, 5) is 0. The van der Waals surface area contributed by atoms with Gasteiger partial charge in [-0.15, -0.1) is 0 Å². The van der Waals surface area contributed by atoms with Gasteiger partial charge >= 0.3 is 0 Å². The lowest BCUT2D eigenvalue weighted by Gasteiger charge is -2.19. The summed E-state index contributed by atoms with van der Waals surface area (Å²) in [7, 11) is -3.21. The quantitative estimate of drug-likeness (QED) is 0.668. The number of sulfonamides is 1. The van der Waals surface area contributed by atoms with E-state index in [1.807, 2.05) is 20.8 Å². The van der Waals surface area contributed by atoms with Gasteiger partial charge in [0.1, 0.15) is 0 Å². The lowest BCUT2D eigenvalue weighted by Crippen LogP contribution is -2.42. The first-order chi connectivity index (χ1) is 6.43. The number of hydrogen-bond donors (Lipinski definition) is 2. The molecule has 1 unspecified atom stereocenters. The van der Waals surface area contributed by atoms with Crippen LogP contribution in [0.1, 0.15) is 33.6 Å². The number of aliphatic hydroxyl groups is 1. The molecule has 0 fully saturated rings. The summed E-state index contributed by atoms with van der Waals surface area (Å²) < 4.78 is 25.4. The minimum atomic E-state index is -3.21. The minimum Gasteiger partial charge on any atom is -0.395 e. The Hall–Kier alpha value is -0.130. The van der Waals surface area contributed by atoms with Crippen LogP contribution in [0.15, 0.2) is 0 Å². The molecule has 0 saturated heterocycles. The van der Waals surface area contributed by atoms with Crippen molar-refractivity contribution >= 4 is 10.0 Å². The highest BCUT2D eigenvalue weighted by molar-refractivity contribution is 7.89. The van der Waals surface area contributed by atoms with Crippen LogP contribution in [0.4, 0.5) is 0 Å². The van der Waals surface area contributed by atoms with Crippen molar-refractivity contribution in [2.24, 2.45) is 5.92 Å². The van der Waals surface area contributed by atoms with E-state index in [2.05, 4.69) is 4.72 Å². The van der Waals surface area contributed by atoms with Gasteiger partial charge in [0.15, 0.2) is 0 Å². The summed E-state index contributed by atoms with van der Waals surface area (Å²) in [6, 6.07) is -0.364. The van der Waals surface area contributed by atoms with Gasteiger partial charge in [-0.25, -0.2) is 13.1 Å². The topological polar surface area (TPSA) is 66.4 Å². The predicted molar refractivity (Wildman–Crippen MR) is 57.5 cm³/mol. The Morgan fingerprint density at radius 1 is 1.36 bits per heavy atom. The van der Waals surface area contributed by atoms with Crippen molar-refractivity contribution in [2.75, 3.05) is 12.4 Å². The van der Waals surface area contributed by atoms with Gasteiger partial charge in [-0.2, -0.15) is 0 Å². The van der Waals surface area contributed by atoms with Crippen LogP contribution in [0.2, 0.25) is 0 Å². The highest BCUT2D eigenvalue weighted by atomic mass is 32.2. The molecule has 0 saturated carbocycles. The number of nitrogens with one attached hydrogen (secondary N) is 1. The van der Waals surface area contributed by atoms with E-state index in [1.54, 1.807) is 0 Å². The van der Waals surface area contributed by atoms with E-state index < -0.39 is 10.0 Å². The molecule has 0 aliphatic carbocycles. The highest BCUT2D eigenvalue weighted by Gasteiger charge is 2.19. The fourth-order valence-corrected chi connectivity index (χ4v) is 2.60. The number of rotatable bonds is 7. The Balaban J connectivity index is 4.18. The number of hydrogen-bond acceptors (Lipinski definition) is 3. The molecule has 0 aromatic heterocycles. The Labute approximate surface area is 86.8 Å². The molecule has 0 radical (unpaired) electrons. The smallest absolute Gasteiger partial charge is 0.211 e. The molecule has 0 rings (SSSR count). The molecule has 86 valence electrons. The first kappa shape index (κ1) is 13.9. The lowest BCUT2D eigenvalue weighted by molar-refractivity contribution is 0.227. The molecular formula is C9H21NO3S. The monoisotopic (exact) mass is 223 g/mol. The number of unbranched alkanes of at least 4 members (excludes halogenated alkanes) is 1. The molecule has 0 bridgehead atoms. The molecule has 0 aromatic rings. The third-order valence-corrected chi connectivity index (χ3v) is 3.59. The van der Waals surface area contributed by atoms with E-state index in [0.717, 1.165) is 6.42 Å². The Kier molecular flexibility index (Phi) is 6.31. The average molecular weight is 223 g/mol.